The average Bonchev–Trinajstić information content (AvgIpc) is 2.67. The maximum Gasteiger partial charge on any atom is 0.255 e. The van der Waals surface area contributed by atoms with Gasteiger partial charge in [-0.15, -0.1) is 0 Å². The van der Waals surface area contributed by atoms with Crippen LogP contribution < -0.4 is 5.73 Å². The van der Waals surface area contributed by atoms with E-state index in [1.54, 1.807) is 21.0 Å². The number of pyridine rings is 1. The molecule has 1 amide bonds. The predicted molar refractivity (Wildman–Crippen MR) is 107 cm³/mol. The van der Waals surface area contributed by atoms with Crippen LogP contribution in [0.15, 0.2) is 23.1 Å². The Kier molecular flexibility index (Phi) is 4.49. The van der Waals surface area contributed by atoms with Gasteiger partial charge in [0.1, 0.15) is 22.8 Å². The number of aromatic hydroxyl groups is 1. The Morgan fingerprint density at radius 1 is 1.26 bits per heavy atom. The summed E-state index contributed by atoms with van der Waals surface area (Å²) in [6, 6.07) is -1.10. The van der Waals surface area contributed by atoms with Gasteiger partial charge in [-0.05, 0) is 45.3 Å². The van der Waals surface area contributed by atoms with Crippen LogP contribution in [0.4, 0.5) is 0 Å². The highest BCUT2D eigenvalue weighted by atomic mass is 16.3. The molecule has 1 heterocycles. The minimum absolute atomic E-state index is 0.0452. The summed E-state index contributed by atoms with van der Waals surface area (Å²) in [5.41, 5.74) is 2.82. The summed E-state index contributed by atoms with van der Waals surface area (Å²) in [4.78, 5) is 44.0. The van der Waals surface area contributed by atoms with Gasteiger partial charge in [-0.1, -0.05) is 0 Å². The average molecular weight is 429 g/mol. The minimum atomic E-state index is -2.62. The van der Waals surface area contributed by atoms with E-state index in [4.69, 9.17) is 5.73 Å². The van der Waals surface area contributed by atoms with Crippen LogP contribution in [-0.2, 0) is 20.8 Å². The van der Waals surface area contributed by atoms with Crippen molar-refractivity contribution in [2.45, 2.75) is 31.4 Å². The van der Waals surface area contributed by atoms with E-state index in [0.29, 0.717) is 11.3 Å². The van der Waals surface area contributed by atoms with E-state index in [0.717, 1.165) is 6.20 Å². The number of Topliss-reactive ketones (excluding diaryl/α,β-unsaturated/α-hetero) is 2. The van der Waals surface area contributed by atoms with Crippen molar-refractivity contribution in [1.82, 2.24) is 9.88 Å². The van der Waals surface area contributed by atoms with Gasteiger partial charge in [-0.25, -0.2) is 0 Å². The van der Waals surface area contributed by atoms with Crippen LogP contribution in [0, 0.1) is 18.8 Å². The molecule has 31 heavy (non-hydrogen) atoms. The van der Waals surface area contributed by atoms with E-state index in [1.165, 1.54) is 4.90 Å². The molecule has 0 bridgehead atoms. The molecule has 1 aromatic rings. The standard InChI is InChI=1S/C21H23N3O7/c1-7-9-4-8-5-10-15(24(2)3)17(27)14(20(22)30)19(29)21(10,31)18(28)12(8)16(26)13(9)11(25)6-23-7/h6,8,10,15,25-26,29,31H,4-5H2,1-3H3,(H2,22,30)/t8-,10-,15-,21-/m0/s1. The molecule has 10 heteroatoms. The molecule has 0 saturated heterocycles. The summed E-state index contributed by atoms with van der Waals surface area (Å²) in [5, 5.41) is 43.3. The minimum Gasteiger partial charge on any atom is -0.508 e. The molecular formula is C21H23N3O7. The molecule has 10 nitrogen and oxygen atoms in total. The number of primary amides is 1. The maximum absolute atomic E-state index is 13.5. The number of nitrogens with zero attached hydrogens (tertiary/aromatic N) is 2. The Morgan fingerprint density at radius 2 is 1.90 bits per heavy atom. The van der Waals surface area contributed by atoms with Crippen molar-refractivity contribution >= 4 is 23.2 Å². The first-order valence-corrected chi connectivity index (χ1v) is 9.75. The molecule has 0 radical (unpaired) electrons. The number of aliphatic hydroxyl groups is 3. The van der Waals surface area contributed by atoms with Crippen molar-refractivity contribution in [2.75, 3.05) is 14.1 Å². The fourth-order valence-corrected chi connectivity index (χ4v) is 5.28. The lowest BCUT2D eigenvalue weighted by atomic mass is 9.57. The largest absolute Gasteiger partial charge is 0.508 e. The van der Waals surface area contributed by atoms with Gasteiger partial charge in [0.2, 0.25) is 5.78 Å². The molecule has 6 N–H and O–H groups in total. The number of ketones is 2. The van der Waals surface area contributed by atoms with Crippen molar-refractivity contribution in [3.05, 3.63) is 39.9 Å². The van der Waals surface area contributed by atoms with E-state index in [-0.39, 0.29) is 29.7 Å². The fraction of sp³-hybridized carbons (Fsp3) is 0.429. The number of hydrogen-bond acceptors (Lipinski definition) is 9. The van der Waals surface area contributed by atoms with Crippen LogP contribution in [0.5, 0.6) is 5.75 Å². The SMILES string of the molecule is Cc1ncc(O)c2c1C[C@H]1C[C@H]3[C@H](N(C)C)C(=O)C(C(N)=O)=C(O)[C@@]3(O)C(=O)C1=C2O. The predicted octanol–water partition coefficient (Wildman–Crippen LogP) is -0.333. The summed E-state index contributed by atoms with van der Waals surface area (Å²) >= 11 is 0. The molecule has 0 aromatic carbocycles. The van der Waals surface area contributed by atoms with Gasteiger partial charge in [0.05, 0.1) is 17.8 Å². The summed E-state index contributed by atoms with van der Waals surface area (Å²) in [6.07, 6.45) is 1.45. The summed E-state index contributed by atoms with van der Waals surface area (Å²) in [5.74, 6) is -6.68. The lowest BCUT2D eigenvalue weighted by molar-refractivity contribution is -0.153. The molecule has 0 unspecified atom stereocenters. The monoisotopic (exact) mass is 429 g/mol. The number of aromatic nitrogens is 1. The van der Waals surface area contributed by atoms with E-state index in [1.807, 2.05) is 0 Å². The Labute approximate surface area is 177 Å². The number of amides is 1. The van der Waals surface area contributed by atoms with Gasteiger partial charge in [-0.3, -0.25) is 24.3 Å². The molecule has 3 aliphatic carbocycles. The summed E-state index contributed by atoms with van der Waals surface area (Å²) < 4.78 is 0. The van der Waals surface area contributed by atoms with Crippen LogP contribution in [0.2, 0.25) is 0 Å². The highest BCUT2D eigenvalue weighted by Crippen LogP contribution is 2.52. The third-order valence-electron chi connectivity index (χ3n) is 6.69. The number of hydrogen-bond donors (Lipinski definition) is 5. The zero-order chi connectivity index (χ0) is 23.0. The first kappa shape index (κ1) is 21.0. The van der Waals surface area contributed by atoms with Crippen molar-refractivity contribution in [2.24, 2.45) is 17.6 Å². The van der Waals surface area contributed by atoms with Gasteiger partial charge < -0.3 is 26.2 Å². The second-order valence-corrected chi connectivity index (χ2v) is 8.54. The number of aliphatic hydroxyl groups excluding tert-OH is 2. The van der Waals surface area contributed by atoms with Crippen LogP contribution in [0.1, 0.15) is 23.2 Å². The highest BCUT2D eigenvalue weighted by Gasteiger charge is 2.64. The lowest BCUT2D eigenvalue weighted by Crippen LogP contribution is -2.65. The first-order valence-electron chi connectivity index (χ1n) is 9.75. The number of nitrogens with two attached hydrogens (primary N) is 1. The van der Waals surface area contributed by atoms with Gasteiger partial charge in [-0.2, -0.15) is 0 Å². The van der Waals surface area contributed by atoms with Crippen molar-refractivity contribution in [3.8, 4) is 5.75 Å². The van der Waals surface area contributed by atoms with Crippen molar-refractivity contribution in [3.63, 3.8) is 0 Å². The molecule has 1 aromatic heterocycles. The number of likely N-dealkylation sites (N-methyl/N-ethyl adjacent to an activating group) is 1. The molecule has 0 aliphatic heterocycles. The zero-order valence-electron chi connectivity index (χ0n) is 17.2. The topological polar surface area (TPSA) is 174 Å². The smallest absolute Gasteiger partial charge is 0.255 e. The van der Waals surface area contributed by atoms with Gasteiger partial charge in [0.15, 0.2) is 11.4 Å². The Morgan fingerprint density at radius 3 is 2.48 bits per heavy atom. The van der Waals surface area contributed by atoms with E-state index in [9.17, 15) is 34.8 Å². The Balaban J connectivity index is 1.99. The van der Waals surface area contributed by atoms with E-state index >= 15 is 0 Å². The molecule has 4 atom stereocenters. The van der Waals surface area contributed by atoms with E-state index in [2.05, 4.69) is 4.98 Å². The number of aryl methyl sites for hydroxylation is 1. The number of fused-ring (bicyclic) bond motifs is 3. The summed E-state index contributed by atoms with van der Waals surface area (Å²) in [6.45, 7) is 1.71. The Hall–Kier alpha value is -3.24. The third kappa shape index (κ3) is 2.58. The molecule has 1 saturated carbocycles. The number of carbonyl (C=O) groups excluding carboxylic acids is 3. The Bertz CT molecular complexity index is 1120. The third-order valence-corrected chi connectivity index (χ3v) is 6.69. The lowest BCUT2D eigenvalue weighted by Gasteiger charge is -2.50. The number of rotatable bonds is 2. The molecule has 4 rings (SSSR count). The maximum atomic E-state index is 13.5. The molecule has 0 spiro atoms. The van der Waals surface area contributed by atoms with Crippen molar-refractivity contribution < 1.29 is 34.8 Å². The van der Waals surface area contributed by atoms with Crippen LogP contribution in [-0.4, -0.2) is 73.5 Å². The number of carbonyl (C=O) groups is 3. The fourth-order valence-electron chi connectivity index (χ4n) is 5.28. The normalized spacial score (nSPS) is 30.3. The quantitative estimate of drug-likeness (QED) is 0.394. The van der Waals surface area contributed by atoms with Gasteiger partial charge in [0.25, 0.3) is 5.91 Å². The first-order chi connectivity index (χ1) is 14.4. The zero-order valence-corrected chi connectivity index (χ0v) is 17.2. The van der Waals surface area contributed by atoms with Crippen molar-refractivity contribution in [1.29, 1.82) is 0 Å². The van der Waals surface area contributed by atoms with Gasteiger partial charge in [0, 0.05) is 17.2 Å². The van der Waals surface area contributed by atoms with Crippen LogP contribution in [0.3, 0.4) is 0 Å². The molecular weight excluding hydrogens is 406 g/mol. The summed E-state index contributed by atoms with van der Waals surface area (Å²) in [7, 11) is 3.11. The molecule has 1 fully saturated rings. The van der Waals surface area contributed by atoms with Crippen LogP contribution in [0.25, 0.3) is 5.76 Å². The van der Waals surface area contributed by atoms with Crippen LogP contribution >= 0.6 is 0 Å². The molecule has 3 aliphatic rings. The van der Waals surface area contributed by atoms with Gasteiger partial charge >= 0.3 is 0 Å². The second kappa shape index (κ2) is 6.63. The van der Waals surface area contributed by atoms with E-state index < -0.39 is 58.0 Å². The highest BCUT2D eigenvalue weighted by molar-refractivity contribution is 6.24. The molecule has 164 valence electrons. The second-order valence-electron chi connectivity index (χ2n) is 8.54.